The zero-order valence-electron chi connectivity index (χ0n) is 12.6. The molecule has 0 bridgehead atoms. The Hall–Kier alpha value is -2.11. The van der Waals surface area contributed by atoms with Gasteiger partial charge >= 0.3 is 0 Å². The summed E-state index contributed by atoms with van der Waals surface area (Å²) in [5.74, 6) is 1.69. The number of fused-ring (bicyclic) bond motifs is 1. The number of ether oxygens (including phenoxy) is 2. The van der Waals surface area contributed by atoms with E-state index in [1.54, 1.807) is 25.6 Å². The molecule has 1 heterocycles. The van der Waals surface area contributed by atoms with Crippen LogP contribution in [-0.2, 0) is 13.1 Å². The highest BCUT2D eigenvalue weighted by Gasteiger charge is 2.06. The molecule has 0 fully saturated rings. The first kappa shape index (κ1) is 14.8. The third kappa shape index (κ3) is 3.21. The molecule has 0 aliphatic rings. The first-order valence-corrected chi connectivity index (χ1v) is 7.88. The lowest BCUT2D eigenvalue weighted by Crippen LogP contribution is -2.13. The second kappa shape index (κ2) is 6.77. The van der Waals surface area contributed by atoms with Crippen molar-refractivity contribution in [2.24, 2.45) is 0 Å². The minimum Gasteiger partial charge on any atom is -0.497 e. The van der Waals surface area contributed by atoms with Crippen molar-refractivity contribution in [1.82, 2.24) is 10.3 Å². The average molecular weight is 314 g/mol. The Bertz CT molecular complexity index is 737. The summed E-state index contributed by atoms with van der Waals surface area (Å²) in [5.41, 5.74) is 2.13. The molecule has 22 heavy (non-hydrogen) atoms. The van der Waals surface area contributed by atoms with E-state index < -0.39 is 0 Å². The third-order valence-corrected chi connectivity index (χ3v) is 4.45. The fraction of sp³-hybridized carbons (Fsp3) is 0.235. The Morgan fingerprint density at radius 2 is 1.91 bits per heavy atom. The van der Waals surface area contributed by atoms with E-state index in [0.717, 1.165) is 34.1 Å². The van der Waals surface area contributed by atoms with Gasteiger partial charge in [-0.15, -0.1) is 11.3 Å². The third-order valence-electron chi connectivity index (χ3n) is 3.42. The summed E-state index contributed by atoms with van der Waals surface area (Å²) in [6.45, 7) is 1.44. The SMILES string of the molecule is COc1ccc(OC)c(CNCc2nc3ccccc3s2)c1. The highest BCUT2D eigenvalue weighted by Crippen LogP contribution is 2.24. The lowest BCUT2D eigenvalue weighted by atomic mass is 10.2. The molecular weight excluding hydrogens is 296 g/mol. The fourth-order valence-electron chi connectivity index (χ4n) is 2.32. The van der Waals surface area contributed by atoms with Gasteiger partial charge in [0.1, 0.15) is 16.5 Å². The second-order valence-electron chi connectivity index (χ2n) is 4.86. The summed E-state index contributed by atoms with van der Waals surface area (Å²) in [6, 6.07) is 14.0. The smallest absolute Gasteiger partial charge is 0.123 e. The molecule has 1 N–H and O–H groups in total. The summed E-state index contributed by atoms with van der Waals surface area (Å²) < 4.78 is 11.9. The van der Waals surface area contributed by atoms with Gasteiger partial charge in [0, 0.05) is 18.7 Å². The molecule has 1 aromatic heterocycles. The number of thiazole rings is 1. The summed E-state index contributed by atoms with van der Waals surface area (Å²) in [4.78, 5) is 4.62. The molecule has 0 saturated carbocycles. The molecule has 0 amide bonds. The maximum atomic E-state index is 5.39. The van der Waals surface area contributed by atoms with Crippen LogP contribution in [0.3, 0.4) is 0 Å². The normalized spacial score (nSPS) is 10.8. The van der Waals surface area contributed by atoms with Crippen LogP contribution in [-0.4, -0.2) is 19.2 Å². The van der Waals surface area contributed by atoms with E-state index in [0.29, 0.717) is 6.54 Å². The molecule has 3 aromatic rings. The van der Waals surface area contributed by atoms with Gasteiger partial charge in [0.2, 0.25) is 0 Å². The minimum atomic E-state index is 0.705. The predicted molar refractivity (Wildman–Crippen MR) is 89.7 cm³/mol. The van der Waals surface area contributed by atoms with E-state index >= 15 is 0 Å². The van der Waals surface area contributed by atoms with Crippen LogP contribution in [0.4, 0.5) is 0 Å². The highest BCUT2D eigenvalue weighted by molar-refractivity contribution is 7.18. The number of benzene rings is 2. The van der Waals surface area contributed by atoms with E-state index in [-0.39, 0.29) is 0 Å². The topological polar surface area (TPSA) is 43.4 Å². The van der Waals surface area contributed by atoms with Crippen LogP contribution in [0.1, 0.15) is 10.6 Å². The average Bonchev–Trinajstić information content (AvgIpc) is 2.97. The van der Waals surface area contributed by atoms with Crippen molar-refractivity contribution in [2.45, 2.75) is 13.1 Å². The van der Waals surface area contributed by atoms with Crippen molar-refractivity contribution in [3.63, 3.8) is 0 Å². The monoisotopic (exact) mass is 314 g/mol. The fourth-order valence-corrected chi connectivity index (χ4v) is 3.26. The Labute approximate surface area is 133 Å². The standard InChI is InChI=1S/C17H18N2O2S/c1-20-13-7-8-15(21-2)12(9-13)10-18-11-17-19-14-5-3-4-6-16(14)22-17/h3-9,18H,10-11H2,1-2H3. The highest BCUT2D eigenvalue weighted by atomic mass is 32.1. The van der Waals surface area contributed by atoms with E-state index in [9.17, 15) is 0 Å². The summed E-state index contributed by atoms with van der Waals surface area (Å²) in [5, 5.41) is 4.50. The van der Waals surface area contributed by atoms with Gasteiger partial charge in [0.25, 0.3) is 0 Å². The molecule has 0 aliphatic heterocycles. The van der Waals surface area contributed by atoms with E-state index in [2.05, 4.69) is 16.4 Å². The number of nitrogens with zero attached hydrogens (tertiary/aromatic N) is 1. The van der Waals surface area contributed by atoms with E-state index in [4.69, 9.17) is 9.47 Å². The quantitative estimate of drug-likeness (QED) is 0.755. The molecule has 0 atom stereocenters. The van der Waals surface area contributed by atoms with Gasteiger partial charge in [-0.3, -0.25) is 0 Å². The molecule has 2 aromatic carbocycles. The maximum absolute atomic E-state index is 5.39. The number of rotatable bonds is 6. The summed E-state index contributed by atoms with van der Waals surface area (Å²) in [6.07, 6.45) is 0. The maximum Gasteiger partial charge on any atom is 0.123 e. The number of hydrogen-bond acceptors (Lipinski definition) is 5. The van der Waals surface area contributed by atoms with Gasteiger partial charge in [-0.05, 0) is 30.3 Å². The van der Waals surface area contributed by atoms with Gasteiger partial charge in [-0.1, -0.05) is 12.1 Å². The predicted octanol–water partition coefficient (Wildman–Crippen LogP) is 3.60. The number of hydrogen-bond donors (Lipinski definition) is 1. The Morgan fingerprint density at radius 3 is 2.68 bits per heavy atom. The number of para-hydroxylation sites is 1. The van der Waals surface area contributed by atoms with Crippen LogP contribution in [0.25, 0.3) is 10.2 Å². The van der Waals surface area contributed by atoms with Crippen LogP contribution in [0.15, 0.2) is 42.5 Å². The molecule has 0 spiro atoms. The molecule has 114 valence electrons. The first-order valence-electron chi connectivity index (χ1n) is 7.06. The molecule has 0 radical (unpaired) electrons. The van der Waals surface area contributed by atoms with Gasteiger partial charge in [-0.25, -0.2) is 4.98 Å². The van der Waals surface area contributed by atoms with Crippen molar-refractivity contribution in [1.29, 1.82) is 0 Å². The molecule has 0 unspecified atom stereocenters. The van der Waals surface area contributed by atoms with Crippen molar-refractivity contribution < 1.29 is 9.47 Å². The van der Waals surface area contributed by atoms with E-state index in [1.165, 1.54) is 4.70 Å². The molecule has 0 saturated heterocycles. The summed E-state index contributed by atoms with van der Waals surface area (Å²) in [7, 11) is 3.35. The molecule has 0 aliphatic carbocycles. The number of nitrogens with one attached hydrogen (secondary N) is 1. The van der Waals surface area contributed by atoms with Gasteiger partial charge in [-0.2, -0.15) is 0 Å². The Balaban J connectivity index is 1.67. The lowest BCUT2D eigenvalue weighted by Gasteiger charge is -2.10. The zero-order chi connectivity index (χ0) is 15.4. The van der Waals surface area contributed by atoms with Crippen LogP contribution in [0.2, 0.25) is 0 Å². The van der Waals surface area contributed by atoms with Gasteiger partial charge < -0.3 is 14.8 Å². The number of methoxy groups -OCH3 is 2. The van der Waals surface area contributed by atoms with Crippen LogP contribution in [0, 0.1) is 0 Å². The molecule has 4 nitrogen and oxygen atoms in total. The van der Waals surface area contributed by atoms with Crippen LogP contribution in [0.5, 0.6) is 11.5 Å². The second-order valence-corrected chi connectivity index (χ2v) is 5.97. The molecular formula is C17H18N2O2S. The van der Waals surface area contributed by atoms with Crippen LogP contribution < -0.4 is 14.8 Å². The largest absolute Gasteiger partial charge is 0.497 e. The zero-order valence-corrected chi connectivity index (χ0v) is 13.4. The molecule has 3 rings (SSSR count). The van der Waals surface area contributed by atoms with Crippen molar-refractivity contribution in [3.05, 3.63) is 53.0 Å². The van der Waals surface area contributed by atoms with Gasteiger partial charge in [0.05, 0.1) is 24.4 Å². The minimum absolute atomic E-state index is 0.705. The van der Waals surface area contributed by atoms with Crippen molar-refractivity contribution in [2.75, 3.05) is 14.2 Å². The molecule has 5 heteroatoms. The van der Waals surface area contributed by atoms with E-state index in [1.807, 2.05) is 36.4 Å². The summed E-state index contributed by atoms with van der Waals surface area (Å²) >= 11 is 1.72. The van der Waals surface area contributed by atoms with Crippen LogP contribution >= 0.6 is 11.3 Å². The number of aromatic nitrogens is 1. The Kier molecular flexibility index (Phi) is 4.56. The Morgan fingerprint density at radius 1 is 1.05 bits per heavy atom. The van der Waals surface area contributed by atoms with Crippen molar-refractivity contribution >= 4 is 21.6 Å². The first-order chi connectivity index (χ1) is 10.8. The van der Waals surface area contributed by atoms with Gasteiger partial charge in [0.15, 0.2) is 0 Å². The van der Waals surface area contributed by atoms with Crippen molar-refractivity contribution in [3.8, 4) is 11.5 Å². The lowest BCUT2D eigenvalue weighted by molar-refractivity contribution is 0.397.